The molecule has 0 fully saturated rings. The fourth-order valence-corrected chi connectivity index (χ4v) is 3.35. The van der Waals surface area contributed by atoms with Crippen LogP contribution in [0.3, 0.4) is 0 Å². The van der Waals surface area contributed by atoms with E-state index < -0.39 is 11.9 Å². The minimum atomic E-state index is -4.78. The molecule has 0 saturated heterocycles. The SMILES string of the molecule is CCn1cnc2c1c(=O)nc(Nc1ccc(OC(F)(F)F)cc1)n2Cc1ccc(Cl)cc1. The van der Waals surface area contributed by atoms with Gasteiger partial charge < -0.3 is 14.6 Å². The summed E-state index contributed by atoms with van der Waals surface area (Å²) in [6.07, 6.45) is -3.21. The van der Waals surface area contributed by atoms with Crippen molar-refractivity contribution in [2.45, 2.75) is 26.4 Å². The summed E-state index contributed by atoms with van der Waals surface area (Å²) >= 11 is 5.97. The number of nitrogens with zero attached hydrogens (tertiary/aromatic N) is 4. The Balaban J connectivity index is 1.74. The summed E-state index contributed by atoms with van der Waals surface area (Å²) in [6, 6.07) is 12.3. The number of nitrogens with one attached hydrogen (secondary N) is 1. The fraction of sp³-hybridized carbons (Fsp3) is 0.190. The second kappa shape index (κ2) is 8.54. The number of ether oxygens (including phenoxy) is 1. The molecule has 0 saturated carbocycles. The minimum absolute atomic E-state index is 0.197. The molecule has 11 heteroatoms. The second-order valence-electron chi connectivity index (χ2n) is 6.85. The molecule has 0 radical (unpaired) electrons. The van der Waals surface area contributed by atoms with E-state index in [1.54, 1.807) is 27.6 Å². The van der Waals surface area contributed by atoms with Crippen LogP contribution in [0.25, 0.3) is 11.2 Å². The molecule has 0 amide bonds. The normalized spacial score (nSPS) is 11.7. The topological polar surface area (TPSA) is 74.0 Å². The highest BCUT2D eigenvalue weighted by Gasteiger charge is 2.31. The van der Waals surface area contributed by atoms with Crippen molar-refractivity contribution < 1.29 is 17.9 Å². The van der Waals surface area contributed by atoms with Gasteiger partial charge in [0.2, 0.25) is 5.95 Å². The zero-order chi connectivity index (χ0) is 22.9. The van der Waals surface area contributed by atoms with E-state index in [9.17, 15) is 18.0 Å². The van der Waals surface area contributed by atoms with E-state index in [0.29, 0.717) is 35.0 Å². The third-order valence-corrected chi connectivity index (χ3v) is 4.93. The van der Waals surface area contributed by atoms with E-state index in [4.69, 9.17) is 11.6 Å². The van der Waals surface area contributed by atoms with E-state index >= 15 is 0 Å². The van der Waals surface area contributed by atoms with Gasteiger partial charge in [0.1, 0.15) is 5.75 Å². The Kier molecular flexibility index (Phi) is 5.79. The molecule has 2 heterocycles. The number of hydrogen-bond donors (Lipinski definition) is 1. The lowest BCUT2D eigenvalue weighted by Gasteiger charge is -2.16. The summed E-state index contributed by atoms with van der Waals surface area (Å²) in [7, 11) is 0. The standard InChI is InChI=1S/C21H17ClF3N5O2/c1-2-29-12-26-18-17(29)19(31)28-20(30(18)11-13-3-5-14(22)6-4-13)27-15-7-9-16(10-8-15)32-21(23,24)25/h3-10,12H,2,11H2,1H3,(H,27,28,31). The smallest absolute Gasteiger partial charge is 0.406 e. The summed E-state index contributed by atoms with van der Waals surface area (Å²) in [5.74, 6) is -0.157. The predicted molar refractivity (Wildman–Crippen MR) is 114 cm³/mol. The first kappa shape index (κ1) is 21.7. The second-order valence-corrected chi connectivity index (χ2v) is 7.29. The van der Waals surface area contributed by atoms with Crippen LogP contribution in [0.4, 0.5) is 24.8 Å². The molecular weight excluding hydrogens is 447 g/mol. The van der Waals surface area contributed by atoms with Gasteiger partial charge in [0.15, 0.2) is 11.2 Å². The molecule has 0 unspecified atom stereocenters. The van der Waals surface area contributed by atoms with Gasteiger partial charge in [0.25, 0.3) is 0 Å². The number of aryl methyl sites for hydroxylation is 1. The van der Waals surface area contributed by atoms with E-state index in [1.807, 2.05) is 19.1 Å². The van der Waals surface area contributed by atoms with Gasteiger partial charge in [0, 0.05) is 17.3 Å². The molecule has 0 aliphatic rings. The van der Waals surface area contributed by atoms with Crippen LogP contribution in [-0.2, 0) is 13.1 Å². The van der Waals surface area contributed by atoms with Crippen LogP contribution in [0.2, 0.25) is 5.02 Å². The molecule has 0 atom stereocenters. The zero-order valence-electron chi connectivity index (χ0n) is 16.7. The van der Waals surface area contributed by atoms with Crippen molar-refractivity contribution in [3.05, 3.63) is 75.8 Å². The van der Waals surface area contributed by atoms with E-state index in [0.717, 1.165) is 5.56 Å². The highest BCUT2D eigenvalue weighted by molar-refractivity contribution is 6.30. The number of alkyl halides is 3. The predicted octanol–water partition coefficient (Wildman–Crippen LogP) is 4.96. The first-order valence-electron chi connectivity index (χ1n) is 9.56. The van der Waals surface area contributed by atoms with Crippen LogP contribution in [0.15, 0.2) is 59.7 Å². The molecule has 0 spiro atoms. The van der Waals surface area contributed by atoms with Gasteiger partial charge >= 0.3 is 11.9 Å². The van der Waals surface area contributed by atoms with Gasteiger partial charge in [0.05, 0.1) is 12.9 Å². The lowest BCUT2D eigenvalue weighted by atomic mass is 10.2. The van der Waals surface area contributed by atoms with Gasteiger partial charge in [-0.2, -0.15) is 4.98 Å². The molecule has 2 aromatic heterocycles. The summed E-state index contributed by atoms with van der Waals surface area (Å²) < 4.78 is 44.5. The van der Waals surface area contributed by atoms with Crippen LogP contribution in [-0.4, -0.2) is 25.5 Å². The minimum Gasteiger partial charge on any atom is -0.406 e. The summed E-state index contributed by atoms with van der Waals surface area (Å²) in [6.45, 7) is 2.77. The van der Waals surface area contributed by atoms with Crippen molar-refractivity contribution in [3.63, 3.8) is 0 Å². The maximum absolute atomic E-state index is 12.7. The first-order valence-corrected chi connectivity index (χ1v) is 9.94. The number of imidazole rings is 1. The van der Waals surface area contributed by atoms with Gasteiger partial charge in [-0.25, -0.2) is 4.98 Å². The molecule has 32 heavy (non-hydrogen) atoms. The third-order valence-electron chi connectivity index (χ3n) is 4.68. The van der Waals surface area contributed by atoms with Crippen molar-refractivity contribution in [2.24, 2.45) is 0 Å². The molecule has 0 aliphatic heterocycles. The van der Waals surface area contributed by atoms with Crippen molar-refractivity contribution in [3.8, 4) is 5.75 Å². The van der Waals surface area contributed by atoms with Crippen LogP contribution in [0, 0.1) is 0 Å². The number of anilines is 2. The van der Waals surface area contributed by atoms with Crippen molar-refractivity contribution in [1.82, 2.24) is 19.1 Å². The summed E-state index contributed by atoms with van der Waals surface area (Å²) in [5.41, 5.74) is 1.64. The number of halogens is 4. The monoisotopic (exact) mass is 463 g/mol. The summed E-state index contributed by atoms with van der Waals surface area (Å²) in [4.78, 5) is 21.3. The molecule has 4 rings (SSSR count). The van der Waals surface area contributed by atoms with Gasteiger partial charge in [-0.15, -0.1) is 13.2 Å². The average molecular weight is 464 g/mol. The number of fused-ring (bicyclic) bond motifs is 1. The average Bonchev–Trinajstić information content (AvgIpc) is 3.17. The third kappa shape index (κ3) is 4.70. The lowest BCUT2D eigenvalue weighted by molar-refractivity contribution is -0.274. The highest BCUT2D eigenvalue weighted by atomic mass is 35.5. The molecule has 2 aromatic carbocycles. The Morgan fingerprint density at radius 3 is 2.41 bits per heavy atom. The lowest BCUT2D eigenvalue weighted by Crippen LogP contribution is -2.20. The van der Waals surface area contributed by atoms with Crippen molar-refractivity contribution >= 4 is 34.4 Å². The number of rotatable bonds is 6. The maximum atomic E-state index is 12.7. The Labute approximate surface area is 185 Å². The van der Waals surface area contributed by atoms with Crippen LogP contribution in [0.5, 0.6) is 5.75 Å². The van der Waals surface area contributed by atoms with Crippen LogP contribution in [0.1, 0.15) is 12.5 Å². The zero-order valence-corrected chi connectivity index (χ0v) is 17.5. The van der Waals surface area contributed by atoms with Crippen LogP contribution < -0.4 is 15.6 Å². The van der Waals surface area contributed by atoms with Gasteiger partial charge in [-0.05, 0) is 48.9 Å². The first-order chi connectivity index (χ1) is 15.2. The largest absolute Gasteiger partial charge is 0.573 e. The molecule has 0 aliphatic carbocycles. The fourth-order valence-electron chi connectivity index (χ4n) is 3.22. The van der Waals surface area contributed by atoms with Gasteiger partial charge in [-0.3, -0.25) is 9.36 Å². The Morgan fingerprint density at radius 2 is 1.78 bits per heavy atom. The van der Waals surface area contributed by atoms with E-state index in [-0.39, 0.29) is 11.7 Å². The summed E-state index contributed by atoms with van der Waals surface area (Å²) in [5, 5.41) is 3.58. The number of benzene rings is 2. The molecule has 7 nitrogen and oxygen atoms in total. The Hall–Kier alpha value is -3.53. The van der Waals surface area contributed by atoms with E-state index in [1.165, 1.54) is 24.3 Å². The highest BCUT2D eigenvalue weighted by Crippen LogP contribution is 2.26. The molecule has 0 bridgehead atoms. The quantitative estimate of drug-likeness (QED) is 0.437. The molecule has 166 valence electrons. The molecular formula is C21H17ClF3N5O2. The number of hydrogen-bond acceptors (Lipinski definition) is 5. The maximum Gasteiger partial charge on any atom is 0.573 e. The van der Waals surface area contributed by atoms with Gasteiger partial charge in [-0.1, -0.05) is 23.7 Å². The van der Waals surface area contributed by atoms with Crippen molar-refractivity contribution in [1.29, 1.82) is 0 Å². The molecule has 4 aromatic rings. The Bertz CT molecular complexity index is 1300. The molecule has 1 N–H and O–H groups in total. The van der Waals surface area contributed by atoms with E-state index in [2.05, 4.69) is 20.0 Å². The van der Waals surface area contributed by atoms with Crippen LogP contribution >= 0.6 is 11.6 Å². The number of aromatic nitrogens is 4. The van der Waals surface area contributed by atoms with Crippen molar-refractivity contribution in [2.75, 3.05) is 5.32 Å². The Morgan fingerprint density at radius 1 is 1.09 bits per heavy atom.